The van der Waals surface area contributed by atoms with E-state index in [1.54, 1.807) is 31.2 Å². The molecule has 2 aromatic carbocycles. The fourth-order valence-electron chi connectivity index (χ4n) is 2.89. The van der Waals surface area contributed by atoms with Crippen LogP contribution in [0.2, 0.25) is 0 Å². The van der Waals surface area contributed by atoms with Gasteiger partial charge in [-0.2, -0.15) is 4.31 Å². The number of anilines is 1. The Kier molecular flexibility index (Phi) is 6.52. The molecule has 2 N–H and O–H groups in total. The molecule has 160 valence electrons. The highest BCUT2D eigenvalue weighted by Gasteiger charge is 2.29. The second-order valence-electron chi connectivity index (χ2n) is 7.39. The molecule has 1 unspecified atom stereocenters. The lowest BCUT2D eigenvalue weighted by atomic mass is 10.1. The molecule has 0 spiro atoms. The molecule has 0 saturated heterocycles. The molecule has 2 aromatic rings. The first kappa shape index (κ1) is 21.9. The zero-order chi connectivity index (χ0) is 21.9. The van der Waals surface area contributed by atoms with Crippen molar-refractivity contribution >= 4 is 27.5 Å². The van der Waals surface area contributed by atoms with Gasteiger partial charge in [-0.3, -0.25) is 9.59 Å². The fourth-order valence-corrected chi connectivity index (χ4v) is 4.02. The number of rotatable bonds is 8. The Morgan fingerprint density at radius 1 is 1.10 bits per heavy atom. The predicted octanol–water partition coefficient (Wildman–Crippen LogP) is 2.67. The molecule has 1 saturated carbocycles. The lowest BCUT2D eigenvalue weighted by Gasteiger charge is -2.19. The summed E-state index contributed by atoms with van der Waals surface area (Å²) in [7, 11) is -2.61. The highest BCUT2D eigenvalue weighted by atomic mass is 32.2. The van der Waals surface area contributed by atoms with Crippen molar-refractivity contribution in [3.05, 3.63) is 59.9 Å². The van der Waals surface area contributed by atoms with E-state index >= 15 is 0 Å². The van der Waals surface area contributed by atoms with Gasteiger partial charge in [0.25, 0.3) is 0 Å². The largest absolute Gasteiger partial charge is 0.348 e. The Morgan fingerprint density at radius 3 is 2.27 bits per heavy atom. The molecular formula is C21H24FN3O4S. The van der Waals surface area contributed by atoms with Gasteiger partial charge in [0.15, 0.2) is 0 Å². The standard InChI is InChI=1S/C21H24FN3O4S/c1-14(15-5-9-18(10-6-15)24-21(27)16-3-4-16)23-20(26)13-25(2)30(28,29)19-11-7-17(22)8-12-19/h5-12,14,16H,3-4,13H2,1-2H3,(H,23,26)(H,24,27). The molecule has 1 aliphatic carbocycles. The van der Waals surface area contributed by atoms with E-state index in [1.807, 2.05) is 0 Å². The molecule has 1 aliphatic rings. The van der Waals surface area contributed by atoms with Gasteiger partial charge in [-0.1, -0.05) is 12.1 Å². The maximum Gasteiger partial charge on any atom is 0.243 e. The first-order valence-electron chi connectivity index (χ1n) is 9.59. The van der Waals surface area contributed by atoms with Crippen molar-refractivity contribution in [1.82, 2.24) is 9.62 Å². The van der Waals surface area contributed by atoms with Gasteiger partial charge < -0.3 is 10.6 Å². The summed E-state index contributed by atoms with van der Waals surface area (Å²) in [6, 6.07) is 11.2. The third-order valence-corrected chi connectivity index (χ3v) is 6.71. The van der Waals surface area contributed by atoms with Crippen molar-refractivity contribution in [2.24, 2.45) is 5.92 Å². The summed E-state index contributed by atoms with van der Waals surface area (Å²) in [5, 5.41) is 5.61. The molecule has 7 nitrogen and oxygen atoms in total. The van der Waals surface area contributed by atoms with Crippen LogP contribution in [0.5, 0.6) is 0 Å². The summed E-state index contributed by atoms with van der Waals surface area (Å²) < 4.78 is 38.9. The molecular weight excluding hydrogens is 409 g/mol. The Morgan fingerprint density at radius 2 is 1.70 bits per heavy atom. The fraction of sp³-hybridized carbons (Fsp3) is 0.333. The van der Waals surface area contributed by atoms with Gasteiger partial charge in [0.2, 0.25) is 21.8 Å². The van der Waals surface area contributed by atoms with E-state index in [9.17, 15) is 22.4 Å². The lowest BCUT2D eigenvalue weighted by molar-refractivity contribution is -0.121. The number of hydrogen-bond acceptors (Lipinski definition) is 4. The van der Waals surface area contributed by atoms with Crippen LogP contribution in [-0.2, 0) is 19.6 Å². The van der Waals surface area contributed by atoms with Crippen LogP contribution in [0.1, 0.15) is 31.4 Å². The summed E-state index contributed by atoms with van der Waals surface area (Å²) in [6.07, 6.45) is 1.86. The maximum absolute atomic E-state index is 13.0. The van der Waals surface area contributed by atoms with Crippen molar-refractivity contribution in [2.75, 3.05) is 18.9 Å². The Bertz CT molecular complexity index is 1020. The number of halogens is 1. The van der Waals surface area contributed by atoms with Crippen LogP contribution >= 0.6 is 0 Å². The number of hydrogen-bond donors (Lipinski definition) is 2. The van der Waals surface area contributed by atoms with Crippen molar-refractivity contribution in [2.45, 2.75) is 30.7 Å². The van der Waals surface area contributed by atoms with Gasteiger partial charge in [-0.05, 0) is 61.7 Å². The molecule has 30 heavy (non-hydrogen) atoms. The Balaban J connectivity index is 1.55. The number of nitrogens with one attached hydrogen (secondary N) is 2. The minimum atomic E-state index is -3.90. The van der Waals surface area contributed by atoms with Crippen LogP contribution in [0.15, 0.2) is 53.4 Å². The van der Waals surface area contributed by atoms with Crippen molar-refractivity contribution < 1.29 is 22.4 Å². The number of amides is 2. The summed E-state index contributed by atoms with van der Waals surface area (Å²) in [5.74, 6) is -0.872. The highest BCUT2D eigenvalue weighted by Crippen LogP contribution is 2.30. The smallest absolute Gasteiger partial charge is 0.243 e. The van der Waals surface area contributed by atoms with Crippen LogP contribution in [0.3, 0.4) is 0 Å². The summed E-state index contributed by atoms with van der Waals surface area (Å²) in [5.41, 5.74) is 1.51. The van der Waals surface area contributed by atoms with E-state index in [2.05, 4.69) is 10.6 Å². The molecule has 0 heterocycles. The third-order valence-electron chi connectivity index (χ3n) is 4.89. The molecule has 1 atom stereocenters. The van der Waals surface area contributed by atoms with Crippen molar-refractivity contribution in [3.8, 4) is 0 Å². The van der Waals surface area contributed by atoms with Crippen LogP contribution in [-0.4, -0.2) is 38.1 Å². The number of sulfonamides is 1. The lowest BCUT2D eigenvalue weighted by Crippen LogP contribution is -2.39. The first-order chi connectivity index (χ1) is 14.2. The molecule has 0 aromatic heterocycles. The van der Waals surface area contributed by atoms with E-state index in [0.717, 1.165) is 47.0 Å². The van der Waals surface area contributed by atoms with Crippen LogP contribution in [0, 0.1) is 11.7 Å². The quantitative estimate of drug-likeness (QED) is 0.669. The number of carbonyl (C=O) groups is 2. The molecule has 9 heteroatoms. The zero-order valence-corrected chi connectivity index (χ0v) is 17.6. The normalized spacial score (nSPS) is 14.9. The second kappa shape index (κ2) is 8.93. The molecule has 2 amide bonds. The average molecular weight is 434 g/mol. The molecule has 0 bridgehead atoms. The van der Waals surface area contributed by atoms with Crippen molar-refractivity contribution in [3.63, 3.8) is 0 Å². The highest BCUT2D eigenvalue weighted by molar-refractivity contribution is 7.89. The van der Waals surface area contributed by atoms with E-state index in [4.69, 9.17) is 0 Å². The number of nitrogens with zero attached hydrogens (tertiary/aromatic N) is 1. The topological polar surface area (TPSA) is 95.6 Å². The van der Waals surface area contributed by atoms with Gasteiger partial charge in [-0.25, -0.2) is 12.8 Å². The van der Waals surface area contributed by atoms with Crippen LogP contribution < -0.4 is 10.6 Å². The van der Waals surface area contributed by atoms with E-state index in [-0.39, 0.29) is 29.3 Å². The van der Waals surface area contributed by atoms with E-state index < -0.39 is 21.7 Å². The minimum absolute atomic E-state index is 0.0227. The van der Waals surface area contributed by atoms with Gasteiger partial charge in [0.1, 0.15) is 5.82 Å². The first-order valence-corrected chi connectivity index (χ1v) is 11.0. The maximum atomic E-state index is 13.0. The summed E-state index contributed by atoms with van der Waals surface area (Å²) in [4.78, 5) is 24.0. The molecule has 0 radical (unpaired) electrons. The summed E-state index contributed by atoms with van der Waals surface area (Å²) >= 11 is 0. The molecule has 3 rings (SSSR count). The van der Waals surface area contributed by atoms with Crippen LogP contribution in [0.4, 0.5) is 10.1 Å². The average Bonchev–Trinajstić information content (AvgIpc) is 3.54. The molecule has 0 aliphatic heterocycles. The summed E-state index contributed by atoms with van der Waals surface area (Å²) in [6.45, 7) is 1.41. The number of benzene rings is 2. The SMILES string of the molecule is CC(NC(=O)CN(C)S(=O)(=O)c1ccc(F)cc1)c1ccc(NC(=O)C2CC2)cc1. The van der Waals surface area contributed by atoms with Crippen molar-refractivity contribution in [1.29, 1.82) is 0 Å². The number of carbonyl (C=O) groups excluding carboxylic acids is 2. The van der Waals surface area contributed by atoms with Gasteiger partial charge in [-0.15, -0.1) is 0 Å². The number of likely N-dealkylation sites (N-methyl/N-ethyl adjacent to an activating group) is 1. The minimum Gasteiger partial charge on any atom is -0.348 e. The van der Waals surface area contributed by atoms with Gasteiger partial charge in [0, 0.05) is 18.7 Å². The van der Waals surface area contributed by atoms with Crippen LogP contribution in [0.25, 0.3) is 0 Å². The molecule has 1 fully saturated rings. The zero-order valence-electron chi connectivity index (χ0n) is 16.8. The Hall–Kier alpha value is -2.78. The monoisotopic (exact) mass is 433 g/mol. The van der Waals surface area contributed by atoms with E-state index in [1.165, 1.54) is 7.05 Å². The Labute approximate surface area is 175 Å². The van der Waals surface area contributed by atoms with E-state index in [0.29, 0.717) is 5.69 Å². The van der Waals surface area contributed by atoms with Gasteiger partial charge in [0.05, 0.1) is 17.5 Å². The predicted molar refractivity (Wildman–Crippen MR) is 111 cm³/mol. The second-order valence-corrected chi connectivity index (χ2v) is 9.43. The van der Waals surface area contributed by atoms with Gasteiger partial charge >= 0.3 is 0 Å². The third kappa shape index (κ3) is 5.43.